The van der Waals surface area contributed by atoms with E-state index < -0.39 is 5.03 Å². The van der Waals surface area contributed by atoms with Crippen molar-refractivity contribution in [2.75, 3.05) is 13.2 Å². The van der Waals surface area contributed by atoms with Crippen molar-refractivity contribution in [3.05, 3.63) is 10.1 Å². The van der Waals surface area contributed by atoms with Crippen LogP contribution in [-0.2, 0) is 4.74 Å². The first-order valence-corrected chi connectivity index (χ1v) is 5.61. The fourth-order valence-corrected chi connectivity index (χ4v) is 1.78. The lowest BCUT2D eigenvalue weighted by Gasteiger charge is -2.25. The lowest BCUT2D eigenvalue weighted by Crippen LogP contribution is -2.36. The molecule has 0 amide bonds. The fraction of sp³-hybridized carbons (Fsp3) is 0.900. The van der Waals surface area contributed by atoms with Gasteiger partial charge in [-0.2, -0.15) is 0 Å². The average molecular weight is 244 g/mol. The molecule has 1 heterocycles. The highest BCUT2D eigenvalue weighted by atomic mass is 16.7. The standard InChI is InChI=1S/C10H20N4O3/c1-10(2,3)8-4-7(6-17-8)5-12-9(11)13-14(15)16/h7-8H,4-6H2,1-3H3,(H3,11,12,13). The SMILES string of the molecule is CC(C)(C)C1CC(CN=C(N)N[N+](=O)[O-])CO1. The van der Waals surface area contributed by atoms with Crippen LogP contribution in [0.15, 0.2) is 4.99 Å². The monoisotopic (exact) mass is 244 g/mol. The minimum atomic E-state index is -0.720. The Morgan fingerprint density at radius 1 is 1.65 bits per heavy atom. The minimum absolute atomic E-state index is 0.114. The first-order chi connectivity index (χ1) is 7.79. The van der Waals surface area contributed by atoms with Gasteiger partial charge < -0.3 is 10.5 Å². The van der Waals surface area contributed by atoms with E-state index in [4.69, 9.17) is 10.5 Å². The van der Waals surface area contributed by atoms with E-state index in [2.05, 4.69) is 25.8 Å². The van der Waals surface area contributed by atoms with E-state index in [1.54, 1.807) is 0 Å². The molecule has 0 saturated carbocycles. The van der Waals surface area contributed by atoms with Crippen molar-refractivity contribution in [1.29, 1.82) is 0 Å². The molecule has 0 spiro atoms. The maximum atomic E-state index is 10.1. The average Bonchev–Trinajstić information content (AvgIpc) is 2.61. The van der Waals surface area contributed by atoms with Gasteiger partial charge in [-0.3, -0.25) is 0 Å². The third kappa shape index (κ3) is 4.56. The molecular weight excluding hydrogens is 224 g/mol. The Hall–Kier alpha value is -1.37. The van der Waals surface area contributed by atoms with Crippen molar-refractivity contribution in [2.24, 2.45) is 22.1 Å². The summed E-state index contributed by atoms with van der Waals surface area (Å²) in [5.41, 5.74) is 7.26. The first-order valence-electron chi connectivity index (χ1n) is 5.61. The van der Waals surface area contributed by atoms with Crippen molar-refractivity contribution in [1.82, 2.24) is 5.43 Å². The molecule has 2 atom stereocenters. The van der Waals surface area contributed by atoms with E-state index in [1.165, 1.54) is 0 Å². The normalized spacial score (nSPS) is 25.9. The van der Waals surface area contributed by atoms with E-state index in [-0.39, 0.29) is 23.4 Å². The molecule has 2 unspecified atom stereocenters. The first kappa shape index (κ1) is 13.7. The second-order valence-corrected chi connectivity index (χ2v) is 5.38. The van der Waals surface area contributed by atoms with Gasteiger partial charge in [0.15, 0.2) is 5.03 Å². The number of nitrogens with one attached hydrogen (secondary N) is 1. The zero-order chi connectivity index (χ0) is 13.1. The van der Waals surface area contributed by atoms with Crippen molar-refractivity contribution in [3.8, 4) is 0 Å². The fourth-order valence-electron chi connectivity index (χ4n) is 1.78. The van der Waals surface area contributed by atoms with Crippen molar-refractivity contribution in [2.45, 2.75) is 33.3 Å². The summed E-state index contributed by atoms with van der Waals surface area (Å²) in [5.74, 6) is 0.125. The molecule has 98 valence electrons. The Labute approximate surface area is 101 Å². The van der Waals surface area contributed by atoms with Crippen LogP contribution in [-0.4, -0.2) is 30.2 Å². The van der Waals surface area contributed by atoms with E-state index in [0.29, 0.717) is 13.2 Å². The lowest BCUT2D eigenvalue weighted by molar-refractivity contribution is -0.525. The van der Waals surface area contributed by atoms with Crippen molar-refractivity contribution >= 4 is 5.96 Å². The summed E-state index contributed by atoms with van der Waals surface area (Å²) in [7, 11) is 0. The smallest absolute Gasteiger partial charge is 0.251 e. The predicted octanol–water partition coefficient (Wildman–Crippen LogP) is 0.534. The summed E-state index contributed by atoms with van der Waals surface area (Å²) < 4.78 is 5.68. The highest BCUT2D eigenvalue weighted by Crippen LogP contribution is 2.32. The summed E-state index contributed by atoms with van der Waals surface area (Å²) in [6.45, 7) is 7.49. The number of hydrogen-bond donors (Lipinski definition) is 2. The van der Waals surface area contributed by atoms with Crippen LogP contribution in [0.3, 0.4) is 0 Å². The molecule has 7 nitrogen and oxygen atoms in total. The molecular formula is C10H20N4O3. The van der Waals surface area contributed by atoms with E-state index >= 15 is 0 Å². The number of nitro groups is 1. The van der Waals surface area contributed by atoms with E-state index in [9.17, 15) is 10.1 Å². The number of hydrazine groups is 1. The van der Waals surface area contributed by atoms with Crippen LogP contribution in [0.25, 0.3) is 0 Å². The van der Waals surface area contributed by atoms with E-state index in [0.717, 1.165) is 6.42 Å². The molecule has 7 heteroatoms. The summed E-state index contributed by atoms with van der Waals surface area (Å²) in [4.78, 5) is 14.0. The maximum absolute atomic E-state index is 10.1. The molecule has 1 saturated heterocycles. The third-order valence-corrected chi connectivity index (χ3v) is 2.77. The highest BCUT2D eigenvalue weighted by Gasteiger charge is 2.33. The van der Waals surface area contributed by atoms with E-state index in [1.807, 2.05) is 5.43 Å². The van der Waals surface area contributed by atoms with Crippen LogP contribution in [0.5, 0.6) is 0 Å². The van der Waals surface area contributed by atoms with Gasteiger partial charge in [-0.25, -0.2) is 15.1 Å². The van der Waals surface area contributed by atoms with Gasteiger partial charge in [-0.05, 0) is 11.8 Å². The summed E-state index contributed by atoms with van der Waals surface area (Å²) in [6, 6.07) is 0. The number of aliphatic imine (C=N–C) groups is 1. The number of hydrogen-bond acceptors (Lipinski definition) is 4. The second-order valence-electron chi connectivity index (χ2n) is 5.38. The molecule has 0 aliphatic carbocycles. The Bertz CT molecular complexity index is 311. The largest absolute Gasteiger partial charge is 0.377 e. The van der Waals surface area contributed by atoms with Gasteiger partial charge in [0.25, 0.3) is 5.96 Å². The number of ether oxygens (including phenoxy) is 1. The van der Waals surface area contributed by atoms with Gasteiger partial charge in [0.2, 0.25) is 0 Å². The maximum Gasteiger partial charge on any atom is 0.251 e. The molecule has 0 aromatic rings. The molecule has 1 aliphatic heterocycles. The third-order valence-electron chi connectivity index (χ3n) is 2.77. The highest BCUT2D eigenvalue weighted by molar-refractivity contribution is 5.76. The molecule has 1 fully saturated rings. The van der Waals surface area contributed by atoms with Crippen LogP contribution >= 0.6 is 0 Å². The van der Waals surface area contributed by atoms with Crippen LogP contribution in [0.4, 0.5) is 0 Å². The van der Waals surface area contributed by atoms with Crippen LogP contribution < -0.4 is 11.2 Å². The summed E-state index contributed by atoms with van der Waals surface area (Å²) in [6.07, 6.45) is 1.13. The van der Waals surface area contributed by atoms with Crippen LogP contribution in [0, 0.1) is 21.4 Å². The van der Waals surface area contributed by atoms with Gasteiger partial charge in [-0.15, -0.1) is 0 Å². The minimum Gasteiger partial charge on any atom is -0.377 e. The molecule has 1 aliphatic rings. The quantitative estimate of drug-likeness (QED) is 0.326. The van der Waals surface area contributed by atoms with Gasteiger partial charge in [0, 0.05) is 12.5 Å². The van der Waals surface area contributed by atoms with Crippen molar-refractivity contribution < 1.29 is 9.77 Å². The Morgan fingerprint density at radius 2 is 2.29 bits per heavy atom. The number of nitrogens with two attached hydrogens (primary N) is 1. The molecule has 0 aromatic carbocycles. The molecule has 1 rings (SSSR count). The second kappa shape index (κ2) is 5.31. The molecule has 0 aromatic heterocycles. The van der Waals surface area contributed by atoms with Gasteiger partial charge >= 0.3 is 0 Å². The van der Waals surface area contributed by atoms with Crippen molar-refractivity contribution in [3.63, 3.8) is 0 Å². The zero-order valence-electron chi connectivity index (χ0n) is 10.5. The van der Waals surface area contributed by atoms with Crippen LogP contribution in [0.2, 0.25) is 0 Å². The number of rotatable bonds is 3. The summed E-state index contributed by atoms with van der Waals surface area (Å²) in [5, 5.41) is 9.38. The Balaban J connectivity index is 2.38. The molecule has 17 heavy (non-hydrogen) atoms. The molecule has 3 N–H and O–H groups in total. The molecule has 0 bridgehead atoms. The van der Waals surface area contributed by atoms with Gasteiger partial charge in [0.1, 0.15) is 0 Å². The molecule has 0 radical (unpaired) electrons. The summed E-state index contributed by atoms with van der Waals surface area (Å²) >= 11 is 0. The predicted molar refractivity (Wildman–Crippen MR) is 63.9 cm³/mol. The Morgan fingerprint density at radius 3 is 2.76 bits per heavy atom. The topological polar surface area (TPSA) is 103 Å². The zero-order valence-corrected chi connectivity index (χ0v) is 10.5. The van der Waals surface area contributed by atoms with Gasteiger partial charge in [-0.1, -0.05) is 26.2 Å². The van der Waals surface area contributed by atoms with Crippen LogP contribution in [0.1, 0.15) is 27.2 Å². The Kier molecular flexibility index (Phi) is 4.28. The number of guanidine groups is 1. The number of nitrogens with zero attached hydrogens (tertiary/aromatic N) is 2. The van der Waals surface area contributed by atoms with Gasteiger partial charge in [0.05, 0.1) is 12.7 Å². The lowest BCUT2D eigenvalue weighted by atomic mass is 9.85.